The summed E-state index contributed by atoms with van der Waals surface area (Å²) in [5.41, 5.74) is 1.57. The Bertz CT molecular complexity index is 646. The molecule has 2 heterocycles. The molecule has 5 nitrogen and oxygen atoms in total. The highest BCUT2D eigenvalue weighted by Crippen LogP contribution is 2.22. The number of hydrogen-bond donors (Lipinski definition) is 1. The van der Waals surface area contributed by atoms with Gasteiger partial charge >= 0.3 is 0 Å². The Labute approximate surface area is 132 Å². The monoisotopic (exact) mass is 324 g/mol. The number of carbonyl (C=O) groups excluding carboxylic acids is 1. The first-order valence-electron chi connectivity index (χ1n) is 6.59. The van der Waals surface area contributed by atoms with E-state index in [0.29, 0.717) is 16.2 Å². The zero-order chi connectivity index (χ0) is 15.4. The molecule has 2 aromatic heterocycles. The molecule has 0 atom stereocenters. The first-order valence-corrected chi connectivity index (χ1v) is 7.84. The minimum atomic E-state index is -0.239. The van der Waals surface area contributed by atoms with Gasteiger partial charge in [0.15, 0.2) is 5.13 Å². The average molecular weight is 325 g/mol. The van der Waals surface area contributed by atoms with Crippen LogP contribution in [0.15, 0.2) is 17.7 Å². The first kappa shape index (κ1) is 15.7. The normalized spacial score (nSPS) is 11.5. The number of thiazole rings is 1. The minimum absolute atomic E-state index is 0.239. The lowest BCUT2D eigenvalue weighted by molar-refractivity contribution is -0.111. The Morgan fingerprint density at radius 2 is 2.33 bits per heavy atom. The van der Waals surface area contributed by atoms with Crippen molar-refractivity contribution < 1.29 is 4.79 Å². The fourth-order valence-corrected chi connectivity index (χ4v) is 2.65. The van der Waals surface area contributed by atoms with Crippen LogP contribution in [0.5, 0.6) is 0 Å². The standard InChI is InChI=1S/C14H17ClN4OS/c1-9(2)8-19-13(15)11(10(3)18-19)4-5-12(20)17-14-16-6-7-21-14/h4-7,9H,8H2,1-3H3,(H,16,17,20)/b5-4+. The molecule has 1 amide bonds. The molecule has 0 aliphatic carbocycles. The fraction of sp³-hybridized carbons (Fsp3) is 0.357. The third kappa shape index (κ3) is 4.15. The van der Waals surface area contributed by atoms with Gasteiger partial charge in [-0.2, -0.15) is 5.10 Å². The Morgan fingerprint density at radius 1 is 1.57 bits per heavy atom. The molecule has 0 unspecified atom stereocenters. The van der Waals surface area contributed by atoms with Gasteiger partial charge in [0.1, 0.15) is 5.15 Å². The second kappa shape index (κ2) is 6.87. The van der Waals surface area contributed by atoms with Crippen LogP contribution in [-0.4, -0.2) is 20.7 Å². The summed E-state index contributed by atoms with van der Waals surface area (Å²) < 4.78 is 1.76. The Morgan fingerprint density at radius 3 is 2.95 bits per heavy atom. The van der Waals surface area contributed by atoms with Gasteiger partial charge in [-0.05, 0) is 18.9 Å². The van der Waals surface area contributed by atoms with E-state index in [9.17, 15) is 4.79 Å². The number of hydrogen-bond acceptors (Lipinski definition) is 4. The van der Waals surface area contributed by atoms with E-state index < -0.39 is 0 Å². The third-order valence-electron chi connectivity index (χ3n) is 2.71. The molecule has 0 fully saturated rings. The lowest BCUT2D eigenvalue weighted by atomic mass is 10.2. The number of aromatic nitrogens is 3. The molecular formula is C14H17ClN4OS. The second-order valence-corrected chi connectivity index (χ2v) is 6.28. The molecule has 0 saturated heterocycles. The molecule has 0 bridgehead atoms. The average Bonchev–Trinajstić information content (AvgIpc) is 2.97. The van der Waals surface area contributed by atoms with Crippen molar-refractivity contribution >= 4 is 40.1 Å². The van der Waals surface area contributed by atoms with Crippen molar-refractivity contribution in [1.82, 2.24) is 14.8 Å². The van der Waals surface area contributed by atoms with Gasteiger partial charge in [0.25, 0.3) is 0 Å². The number of rotatable bonds is 5. The predicted octanol–water partition coefficient (Wildman–Crippen LogP) is 3.61. The van der Waals surface area contributed by atoms with E-state index in [1.165, 1.54) is 17.4 Å². The summed E-state index contributed by atoms with van der Waals surface area (Å²) >= 11 is 7.68. The highest BCUT2D eigenvalue weighted by Gasteiger charge is 2.12. The summed E-state index contributed by atoms with van der Waals surface area (Å²) in [4.78, 5) is 15.8. The van der Waals surface area contributed by atoms with Crippen LogP contribution < -0.4 is 5.32 Å². The molecule has 112 valence electrons. The maximum Gasteiger partial charge on any atom is 0.250 e. The highest BCUT2D eigenvalue weighted by atomic mass is 35.5. The maximum absolute atomic E-state index is 11.8. The van der Waals surface area contributed by atoms with Crippen molar-refractivity contribution in [1.29, 1.82) is 0 Å². The van der Waals surface area contributed by atoms with Crippen molar-refractivity contribution in [3.8, 4) is 0 Å². The summed E-state index contributed by atoms with van der Waals surface area (Å²) in [7, 11) is 0. The Balaban J connectivity index is 2.10. The van der Waals surface area contributed by atoms with E-state index in [1.54, 1.807) is 22.3 Å². The molecule has 1 N–H and O–H groups in total. The molecule has 0 aliphatic heterocycles. The van der Waals surface area contributed by atoms with E-state index >= 15 is 0 Å². The number of carbonyl (C=O) groups is 1. The Kier molecular flexibility index (Phi) is 5.14. The van der Waals surface area contributed by atoms with Crippen molar-refractivity contribution in [2.45, 2.75) is 27.3 Å². The van der Waals surface area contributed by atoms with Crippen LogP contribution in [0, 0.1) is 12.8 Å². The molecule has 0 spiro atoms. The smallest absolute Gasteiger partial charge is 0.250 e. The molecule has 0 aromatic carbocycles. The Hall–Kier alpha value is -1.66. The summed E-state index contributed by atoms with van der Waals surface area (Å²) in [6.45, 7) is 6.83. The van der Waals surface area contributed by atoms with Crippen molar-refractivity contribution in [3.05, 3.63) is 34.1 Å². The quantitative estimate of drug-likeness (QED) is 0.855. The third-order valence-corrected chi connectivity index (χ3v) is 3.80. The number of aryl methyl sites for hydroxylation is 1. The SMILES string of the molecule is Cc1nn(CC(C)C)c(Cl)c1/C=C/C(=O)Nc1nccs1. The molecule has 21 heavy (non-hydrogen) atoms. The van der Waals surface area contributed by atoms with Gasteiger partial charge in [-0.3, -0.25) is 14.8 Å². The maximum atomic E-state index is 11.8. The van der Waals surface area contributed by atoms with Crippen LogP contribution in [-0.2, 0) is 11.3 Å². The minimum Gasteiger partial charge on any atom is -0.298 e. The molecule has 2 aromatic rings. The van der Waals surface area contributed by atoms with Crippen LogP contribution in [0.3, 0.4) is 0 Å². The number of nitrogens with one attached hydrogen (secondary N) is 1. The van der Waals surface area contributed by atoms with E-state index in [2.05, 4.69) is 29.2 Å². The van der Waals surface area contributed by atoms with Gasteiger partial charge in [-0.25, -0.2) is 4.98 Å². The molecule has 0 aliphatic rings. The van der Waals surface area contributed by atoms with Gasteiger partial charge in [0.05, 0.1) is 5.69 Å². The van der Waals surface area contributed by atoms with Crippen LogP contribution in [0.1, 0.15) is 25.1 Å². The summed E-state index contributed by atoms with van der Waals surface area (Å²) in [5, 5.41) is 10.0. The number of halogens is 1. The largest absolute Gasteiger partial charge is 0.298 e. The topological polar surface area (TPSA) is 59.8 Å². The van der Waals surface area contributed by atoms with E-state index in [4.69, 9.17) is 11.6 Å². The van der Waals surface area contributed by atoms with Crippen LogP contribution >= 0.6 is 22.9 Å². The van der Waals surface area contributed by atoms with Gasteiger partial charge in [-0.15, -0.1) is 11.3 Å². The van der Waals surface area contributed by atoms with E-state index in [0.717, 1.165) is 17.8 Å². The van der Waals surface area contributed by atoms with Gasteiger partial charge < -0.3 is 0 Å². The van der Waals surface area contributed by atoms with Crippen LogP contribution in [0.25, 0.3) is 6.08 Å². The number of nitrogens with zero attached hydrogens (tertiary/aromatic N) is 3. The fourth-order valence-electron chi connectivity index (χ4n) is 1.81. The molecule has 0 saturated carbocycles. The van der Waals surface area contributed by atoms with Gasteiger partial charge in [-0.1, -0.05) is 25.4 Å². The number of anilines is 1. The number of amides is 1. The van der Waals surface area contributed by atoms with Crippen molar-refractivity contribution in [2.24, 2.45) is 5.92 Å². The zero-order valence-electron chi connectivity index (χ0n) is 12.1. The van der Waals surface area contributed by atoms with Gasteiger partial charge in [0, 0.05) is 29.8 Å². The molecule has 7 heteroatoms. The summed E-state index contributed by atoms with van der Waals surface area (Å²) in [6, 6.07) is 0. The first-order chi connectivity index (χ1) is 9.97. The summed E-state index contributed by atoms with van der Waals surface area (Å²) in [5.74, 6) is 0.212. The summed E-state index contributed by atoms with van der Waals surface area (Å²) in [6.07, 6.45) is 4.77. The molecule has 2 rings (SSSR count). The second-order valence-electron chi connectivity index (χ2n) is 5.03. The van der Waals surface area contributed by atoms with E-state index in [1.807, 2.05) is 6.92 Å². The lowest BCUT2D eigenvalue weighted by Gasteiger charge is -2.05. The lowest BCUT2D eigenvalue weighted by Crippen LogP contribution is -2.07. The van der Waals surface area contributed by atoms with Crippen LogP contribution in [0.4, 0.5) is 5.13 Å². The molecular weight excluding hydrogens is 308 g/mol. The van der Waals surface area contributed by atoms with Crippen molar-refractivity contribution in [3.63, 3.8) is 0 Å². The highest BCUT2D eigenvalue weighted by molar-refractivity contribution is 7.13. The van der Waals surface area contributed by atoms with Gasteiger partial charge in [0.2, 0.25) is 5.91 Å². The molecule has 0 radical (unpaired) electrons. The zero-order valence-corrected chi connectivity index (χ0v) is 13.7. The van der Waals surface area contributed by atoms with Crippen LogP contribution in [0.2, 0.25) is 5.15 Å². The van der Waals surface area contributed by atoms with Crippen molar-refractivity contribution in [2.75, 3.05) is 5.32 Å². The predicted molar refractivity (Wildman–Crippen MR) is 86.6 cm³/mol. The van der Waals surface area contributed by atoms with E-state index in [-0.39, 0.29) is 5.91 Å².